The molecule has 4 nitrogen and oxygen atoms in total. The maximum atomic E-state index is 5.86. The third-order valence-corrected chi connectivity index (χ3v) is 5.41. The monoisotopic (exact) mass is 351 g/mol. The average Bonchev–Trinajstić information content (AvgIpc) is 3.12. The van der Waals surface area contributed by atoms with Gasteiger partial charge in [0.25, 0.3) is 0 Å². The van der Waals surface area contributed by atoms with Gasteiger partial charge >= 0.3 is 0 Å². The Kier molecular flexibility index (Phi) is 5.14. The van der Waals surface area contributed by atoms with Crippen molar-refractivity contribution in [3.63, 3.8) is 0 Å². The molecule has 25 heavy (non-hydrogen) atoms. The van der Waals surface area contributed by atoms with Gasteiger partial charge < -0.3 is 4.74 Å². The topological polar surface area (TPSA) is 39.9 Å². The lowest BCUT2D eigenvalue weighted by Gasteiger charge is -2.22. The Morgan fingerprint density at radius 2 is 1.72 bits per heavy atom. The molecule has 5 heteroatoms. The van der Waals surface area contributed by atoms with Crippen LogP contribution < -0.4 is 0 Å². The number of hydrogen-bond donors (Lipinski definition) is 0. The van der Waals surface area contributed by atoms with Gasteiger partial charge in [0.05, 0.1) is 6.10 Å². The standard InChI is InChI=1S/C20H21N3OS/c1-3-9-16(10-4-1)19-21-22-20(23(19)17-11-5-2-6-12-17)25-15-18-13-7-8-14-24-18/h1-6,9-12,18H,7-8,13-15H2/t18-/m1/s1. The molecular formula is C20H21N3OS. The second-order valence-corrected chi connectivity index (χ2v) is 7.13. The molecule has 0 unspecified atom stereocenters. The molecule has 3 aromatic rings. The van der Waals surface area contributed by atoms with E-state index in [1.54, 1.807) is 11.8 Å². The summed E-state index contributed by atoms with van der Waals surface area (Å²) >= 11 is 1.73. The largest absolute Gasteiger partial charge is 0.377 e. The highest BCUT2D eigenvalue weighted by Crippen LogP contribution is 2.29. The van der Waals surface area contributed by atoms with Crippen LogP contribution in [0.3, 0.4) is 0 Å². The third kappa shape index (κ3) is 3.78. The lowest BCUT2D eigenvalue weighted by molar-refractivity contribution is 0.0315. The minimum absolute atomic E-state index is 0.319. The van der Waals surface area contributed by atoms with E-state index in [-0.39, 0.29) is 0 Å². The van der Waals surface area contributed by atoms with Gasteiger partial charge in [-0.1, -0.05) is 60.3 Å². The van der Waals surface area contributed by atoms with Crippen molar-refractivity contribution in [2.45, 2.75) is 30.5 Å². The van der Waals surface area contributed by atoms with Crippen molar-refractivity contribution in [2.75, 3.05) is 12.4 Å². The summed E-state index contributed by atoms with van der Waals surface area (Å²) in [5, 5.41) is 9.87. The summed E-state index contributed by atoms with van der Waals surface area (Å²) in [5.74, 6) is 1.79. The summed E-state index contributed by atoms with van der Waals surface area (Å²) in [7, 11) is 0. The molecule has 2 heterocycles. The van der Waals surface area contributed by atoms with Crippen molar-refractivity contribution in [1.82, 2.24) is 14.8 Å². The van der Waals surface area contributed by atoms with Crippen molar-refractivity contribution in [2.24, 2.45) is 0 Å². The summed E-state index contributed by atoms with van der Waals surface area (Å²) in [6.45, 7) is 0.881. The van der Waals surface area contributed by atoms with Crippen LogP contribution in [-0.4, -0.2) is 33.2 Å². The molecule has 0 amide bonds. The first-order valence-corrected chi connectivity index (χ1v) is 9.71. The molecule has 0 bridgehead atoms. The van der Waals surface area contributed by atoms with Crippen LogP contribution in [0.5, 0.6) is 0 Å². The molecule has 0 radical (unpaired) electrons. The maximum absolute atomic E-state index is 5.86. The van der Waals surface area contributed by atoms with E-state index in [0.717, 1.165) is 41.0 Å². The van der Waals surface area contributed by atoms with E-state index in [9.17, 15) is 0 Å². The highest BCUT2D eigenvalue weighted by Gasteiger charge is 2.19. The normalized spacial score (nSPS) is 17.5. The summed E-state index contributed by atoms with van der Waals surface area (Å²) in [6, 6.07) is 20.5. The fourth-order valence-corrected chi connectivity index (χ4v) is 4.07. The molecule has 128 valence electrons. The highest BCUT2D eigenvalue weighted by atomic mass is 32.2. The predicted octanol–water partition coefficient (Wildman–Crippen LogP) is 4.60. The van der Waals surface area contributed by atoms with Crippen molar-refractivity contribution in [3.8, 4) is 17.1 Å². The zero-order valence-electron chi connectivity index (χ0n) is 14.0. The third-order valence-electron chi connectivity index (χ3n) is 4.35. The molecule has 1 fully saturated rings. The molecule has 1 atom stereocenters. The number of ether oxygens (including phenoxy) is 1. The molecule has 0 saturated carbocycles. The van der Waals surface area contributed by atoms with Crippen LogP contribution in [-0.2, 0) is 4.74 Å². The molecule has 0 N–H and O–H groups in total. The molecule has 1 aliphatic rings. The minimum Gasteiger partial charge on any atom is -0.377 e. The molecule has 0 aliphatic carbocycles. The number of thioether (sulfide) groups is 1. The van der Waals surface area contributed by atoms with Crippen molar-refractivity contribution in [1.29, 1.82) is 0 Å². The summed E-state index contributed by atoms with van der Waals surface area (Å²) in [5.41, 5.74) is 2.15. The zero-order valence-corrected chi connectivity index (χ0v) is 14.9. The van der Waals surface area contributed by atoms with E-state index in [4.69, 9.17) is 4.74 Å². The molecule has 1 aliphatic heterocycles. The fraction of sp³-hybridized carbons (Fsp3) is 0.300. The van der Waals surface area contributed by atoms with Crippen molar-refractivity contribution < 1.29 is 4.74 Å². The van der Waals surface area contributed by atoms with Crippen LogP contribution in [0.25, 0.3) is 17.1 Å². The predicted molar refractivity (Wildman–Crippen MR) is 101 cm³/mol. The van der Waals surface area contributed by atoms with Crippen LogP contribution in [0, 0.1) is 0 Å². The second kappa shape index (κ2) is 7.85. The van der Waals surface area contributed by atoms with Gasteiger partial charge in [0.1, 0.15) is 0 Å². The van der Waals surface area contributed by atoms with E-state index in [2.05, 4.69) is 39.0 Å². The van der Waals surface area contributed by atoms with E-state index in [1.807, 2.05) is 36.4 Å². The molecule has 0 spiro atoms. The summed E-state index contributed by atoms with van der Waals surface area (Å²) in [4.78, 5) is 0. The van der Waals surface area contributed by atoms with E-state index >= 15 is 0 Å². The molecule has 1 saturated heterocycles. The van der Waals surface area contributed by atoms with Crippen molar-refractivity contribution in [3.05, 3.63) is 60.7 Å². The zero-order chi connectivity index (χ0) is 16.9. The number of aromatic nitrogens is 3. The maximum Gasteiger partial charge on any atom is 0.196 e. The van der Waals surface area contributed by atoms with Crippen LogP contribution >= 0.6 is 11.8 Å². The first kappa shape index (κ1) is 16.4. The Hall–Kier alpha value is -2.11. The van der Waals surface area contributed by atoms with Gasteiger partial charge in [-0.05, 0) is 31.4 Å². The lowest BCUT2D eigenvalue weighted by Crippen LogP contribution is -2.21. The van der Waals surface area contributed by atoms with Crippen LogP contribution in [0.4, 0.5) is 0 Å². The van der Waals surface area contributed by atoms with Crippen LogP contribution in [0.2, 0.25) is 0 Å². The molecular weight excluding hydrogens is 330 g/mol. The Labute approximate surface area is 152 Å². The SMILES string of the molecule is c1ccc(-c2nnc(SC[C@H]3CCCCO3)n2-c2ccccc2)cc1. The number of para-hydroxylation sites is 1. The number of nitrogens with zero attached hydrogens (tertiary/aromatic N) is 3. The van der Waals surface area contributed by atoms with Gasteiger partial charge in [0.2, 0.25) is 0 Å². The van der Waals surface area contributed by atoms with E-state index in [1.165, 1.54) is 12.8 Å². The first-order valence-electron chi connectivity index (χ1n) is 8.72. The first-order chi connectivity index (χ1) is 12.4. The molecule has 4 rings (SSSR count). The Morgan fingerprint density at radius 3 is 2.44 bits per heavy atom. The van der Waals surface area contributed by atoms with E-state index in [0.29, 0.717) is 6.10 Å². The Morgan fingerprint density at radius 1 is 0.960 bits per heavy atom. The van der Waals surface area contributed by atoms with Crippen molar-refractivity contribution >= 4 is 11.8 Å². The van der Waals surface area contributed by atoms with Gasteiger partial charge in [-0.2, -0.15) is 0 Å². The number of hydrogen-bond acceptors (Lipinski definition) is 4. The Balaban J connectivity index is 1.65. The van der Waals surface area contributed by atoms with Gasteiger partial charge in [-0.15, -0.1) is 10.2 Å². The van der Waals surface area contributed by atoms with Gasteiger partial charge in [-0.3, -0.25) is 4.57 Å². The fourth-order valence-electron chi connectivity index (χ4n) is 3.05. The average molecular weight is 351 g/mol. The van der Waals surface area contributed by atoms with Crippen LogP contribution in [0.1, 0.15) is 19.3 Å². The highest BCUT2D eigenvalue weighted by molar-refractivity contribution is 7.99. The number of rotatable bonds is 5. The van der Waals surface area contributed by atoms with Gasteiger partial charge in [0.15, 0.2) is 11.0 Å². The van der Waals surface area contributed by atoms with E-state index < -0.39 is 0 Å². The number of benzene rings is 2. The van der Waals surface area contributed by atoms with Gasteiger partial charge in [0, 0.05) is 23.6 Å². The molecule has 1 aromatic heterocycles. The lowest BCUT2D eigenvalue weighted by atomic mass is 10.1. The van der Waals surface area contributed by atoms with Gasteiger partial charge in [-0.25, -0.2) is 0 Å². The quantitative estimate of drug-likeness (QED) is 0.630. The smallest absolute Gasteiger partial charge is 0.196 e. The molecule has 2 aromatic carbocycles. The minimum atomic E-state index is 0.319. The summed E-state index contributed by atoms with van der Waals surface area (Å²) < 4.78 is 8.00. The summed E-state index contributed by atoms with van der Waals surface area (Å²) in [6.07, 6.45) is 3.89. The Bertz CT molecular complexity index is 798. The van der Waals surface area contributed by atoms with Crippen LogP contribution in [0.15, 0.2) is 65.8 Å². The second-order valence-electron chi connectivity index (χ2n) is 6.14.